The van der Waals surface area contributed by atoms with Gasteiger partial charge in [-0.2, -0.15) is 0 Å². The molecule has 0 radical (unpaired) electrons. The number of sulfonamides is 1. The summed E-state index contributed by atoms with van der Waals surface area (Å²) in [6.45, 7) is 2.37. The SMILES string of the molecule is Cc1ccc(Nc2ccc(NCCNS(=O)(=O)c3ccc4oc(=O)[nH]c4c3)nn2)nc1. The Hall–Kier alpha value is -3.77. The molecule has 4 rings (SSSR count). The van der Waals surface area contributed by atoms with E-state index >= 15 is 0 Å². The Bertz CT molecular complexity index is 1350. The fraction of sp³-hybridized carbons (Fsp3) is 0.158. The normalized spacial score (nSPS) is 11.5. The molecule has 160 valence electrons. The molecule has 31 heavy (non-hydrogen) atoms. The molecule has 3 heterocycles. The van der Waals surface area contributed by atoms with Gasteiger partial charge in [0.15, 0.2) is 11.4 Å². The minimum atomic E-state index is -3.75. The van der Waals surface area contributed by atoms with Gasteiger partial charge in [0, 0.05) is 19.3 Å². The van der Waals surface area contributed by atoms with E-state index in [-0.39, 0.29) is 11.4 Å². The Morgan fingerprint density at radius 3 is 2.52 bits per heavy atom. The summed E-state index contributed by atoms with van der Waals surface area (Å²) >= 11 is 0. The maximum atomic E-state index is 12.4. The van der Waals surface area contributed by atoms with Crippen LogP contribution in [-0.4, -0.2) is 41.7 Å². The average molecular weight is 441 g/mol. The van der Waals surface area contributed by atoms with Crippen LogP contribution in [-0.2, 0) is 10.0 Å². The number of oxazole rings is 1. The zero-order valence-corrected chi connectivity index (χ0v) is 17.2. The van der Waals surface area contributed by atoms with Crippen molar-refractivity contribution in [2.75, 3.05) is 23.7 Å². The summed E-state index contributed by atoms with van der Waals surface area (Å²) in [5.41, 5.74) is 1.67. The topological polar surface area (TPSA) is 155 Å². The molecular formula is C19H19N7O4S. The van der Waals surface area contributed by atoms with Crippen LogP contribution < -0.4 is 21.1 Å². The molecule has 0 amide bonds. The van der Waals surface area contributed by atoms with Crippen LogP contribution in [0.5, 0.6) is 0 Å². The second-order valence-corrected chi connectivity index (χ2v) is 8.41. The Morgan fingerprint density at radius 2 is 1.77 bits per heavy atom. The number of nitrogens with one attached hydrogen (secondary N) is 4. The summed E-state index contributed by atoms with van der Waals surface area (Å²) in [5, 5.41) is 14.1. The van der Waals surface area contributed by atoms with Crippen molar-refractivity contribution >= 4 is 38.6 Å². The molecule has 0 atom stereocenters. The molecule has 0 fully saturated rings. The predicted octanol–water partition coefficient (Wildman–Crippen LogP) is 1.75. The highest BCUT2D eigenvalue weighted by Gasteiger charge is 2.15. The third-order valence-corrected chi connectivity index (χ3v) is 5.71. The van der Waals surface area contributed by atoms with Crippen molar-refractivity contribution in [3.8, 4) is 0 Å². The lowest BCUT2D eigenvalue weighted by Crippen LogP contribution is -2.29. The fourth-order valence-corrected chi connectivity index (χ4v) is 3.78. The van der Waals surface area contributed by atoms with Gasteiger partial charge in [0.1, 0.15) is 11.6 Å². The molecule has 11 nitrogen and oxygen atoms in total. The van der Waals surface area contributed by atoms with Gasteiger partial charge in [-0.05, 0) is 48.9 Å². The molecule has 0 saturated carbocycles. The number of benzene rings is 1. The van der Waals surface area contributed by atoms with E-state index in [9.17, 15) is 13.2 Å². The maximum Gasteiger partial charge on any atom is 0.417 e. The zero-order valence-electron chi connectivity index (χ0n) is 16.4. The van der Waals surface area contributed by atoms with Gasteiger partial charge in [-0.3, -0.25) is 4.98 Å². The monoisotopic (exact) mass is 441 g/mol. The van der Waals surface area contributed by atoms with E-state index < -0.39 is 15.8 Å². The Balaban J connectivity index is 1.29. The lowest BCUT2D eigenvalue weighted by atomic mass is 10.3. The lowest BCUT2D eigenvalue weighted by molar-refractivity contribution is 0.555. The highest BCUT2D eigenvalue weighted by Crippen LogP contribution is 2.16. The van der Waals surface area contributed by atoms with E-state index in [4.69, 9.17) is 4.42 Å². The highest BCUT2D eigenvalue weighted by atomic mass is 32.2. The molecule has 0 aliphatic heterocycles. The van der Waals surface area contributed by atoms with Gasteiger partial charge in [-0.1, -0.05) is 6.07 Å². The number of rotatable bonds is 8. The Morgan fingerprint density at radius 1 is 1.00 bits per heavy atom. The molecule has 0 spiro atoms. The largest absolute Gasteiger partial charge is 0.417 e. The van der Waals surface area contributed by atoms with Crippen LogP contribution in [0, 0.1) is 6.92 Å². The minimum absolute atomic E-state index is 0.0250. The van der Waals surface area contributed by atoms with E-state index in [1.807, 2.05) is 19.1 Å². The van der Waals surface area contributed by atoms with Crippen molar-refractivity contribution < 1.29 is 12.8 Å². The van der Waals surface area contributed by atoms with Crippen LogP contribution in [0.15, 0.2) is 62.8 Å². The molecular weight excluding hydrogens is 422 g/mol. The third kappa shape index (κ3) is 5.05. The minimum Gasteiger partial charge on any atom is -0.408 e. The standard InChI is InChI=1S/C19H19N7O4S/c1-12-2-5-16(21-11-12)24-18-7-6-17(25-26-18)20-8-9-22-31(28,29)13-3-4-15-14(10-13)23-19(27)30-15/h2-7,10-11,22H,8-9H2,1H3,(H,20,25)(H,23,27)(H,21,24,26). The summed E-state index contributed by atoms with van der Waals surface area (Å²) in [4.78, 5) is 17.9. The molecule has 0 aliphatic carbocycles. The van der Waals surface area contributed by atoms with Crippen molar-refractivity contribution in [1.29, 1.82) is 0 Å². The van der Waals surface area contributed by atoms with Crippen molar-refractivity contribution in [2.45, 2.75) is 11.8 Å². The molecule has 0 unspecified atom stereocenters. The van der Waals surface area contributed by atoms with Crippen LogP contribution >= 0.6 is 0 Å². The van der Waals surface area contributed by atoms with E-state index in [0.717, 1.165) is 5.56 Å². The van der Waals surface area contributed by atoms with Gasteiger partial charge in [0.25, 0.3) is 0 Å². The van der Waals surface area contributed by atoms with Crippen LogP contribution in [0.4, 0.5) is 17.5 Å². The van der Waals surface area contributed by atoms with E-state index in [1.54, 1.807) is 18.3 Å². The first-order chi connectivity index (χ1) is 14.9. The summed E-state index contributed by atoms with van der Waals surface area (Å²) in [7, 11) is -3.75. The second-order valence-electron chi connectivity index (χ2n) is 6.65. The number of pyridine rings is 1. The van der Waals surface area contributed by atoms with E-state index in [0.29, 0.717) is 35.1 Å². The molecule has 4 aromatic rings. The molecule has 1 aromatic carbocycles. The van der Waals surface area contributed by atoms with Crippen molar-refractivity contribution in [3.63, 3.8) is 0 Å². The van der Waals surface area contributed by atoms with Crippen LogP contribution in [0.2, 0.25) is 0 Å². The quantitative estimate of drug-likeness (QED) is 0.299. The first-order valence-corrected chi connectivity index (χ1v) is 10.8. The molecule has 0 aliphatic rings. The van der Waals surface area contributed by atoms with E-state index in [2.05, 4.69) is 35.5 Å². The molecule has 0 bridgehead atoms. The summed E-state index contributed by atoms with van der Waals surface area (Å²) in [5.74, 6) is 1.06. The second kappa shape index (κ2) is 8.53. The maximum absolute atomic E-state index is 12.4. The van der Waals surface area contributed by atoms with Gasteiger partial charge >= 0.3 is 5.76 Å². The number of aromatic amines is 1. The molecule has 3 aromatic heterocycles. The molecule has 12 heteroatoms. The number of aromatic nitrogens is 4. The van der Waals surface area contributed by atoms with Crippen LogP contribution in [0.3, 0.4) is 0 Å². The van der Waals surface area contributed by atoms with Crippen molar-refractivity contribution in [1.82, 2.24) is 24.9 Å². The zero-order chi connectivity index (χ0) is 21.8. The first kappa shape index (κ1) is 20.5. The summed E-state index contributed by atoms with van der Waals surface area (Å²) in [6.07, 6.45) is 1.75. The molecule has 4 N–H and O–H groups in total. The highest BCUT2D eigenvalue weighted by molar-refractivity contribution is 7.89. The molecule has 0 saturated heterocycles. The number of fused-ring (bicyclic) bond motifs is 1. The number of hydrogen-bond donors (Lipinski definition) is 4. The number of nitrogens with zero attached hydrogens (tertiary/aromatic N) is 3. The number of anilines is 3. The van der Waals surface area contributed by atoms with Gasteiger partial charge < -0.3 is 15.1 Å². The third-order valence-electron chi connectivity index (χ3n) is 4.26. The van der Waals surface area contributed by atoms with Gasteiger partial charge in [-0.15, -0.1) is 10.2 Å². The van der Waals surface area contributed by atoms with Gasteiger partial charge in [0.05, 0.1) is 10.4 Å². The van der Waals surface area contributed by atoms with Crippen LogP contribution in [0.25, 0.3) is 11.1 Å². The van der Waals surface area contributed by atoms with Gasteiger partial charge in [0.2, 0.25) is 10.0 Å². The first-order valence-electron chi connectivity index (χ1n) is 9.29. The Kier molecular flexibility index (Phi) is 5.64. The van der Waals surface area contributed by atoms with E-state index in [1.165, 1.54) is 18.2 Å². The smallest absolute Gasteiger partial charge is 0.408 e. The fourth-order valence-electron chi connectivity index (χ4n) is 2.72. The summed E-state index contributed by atoms with van der Waals surface area (Å²) in [6, 6.07) is 11.4. The Labute approximate surface area is 177 Å². The predicted molar refractivity (Wildman–Crippen MR) is 115 cm³/mol. The van der Waals surface area contributed by atoms with Crippen LogP contribution in [0.1, 0.15) is 5.56 Å². The van der Waals surface area contributed by atoms with Crippen molar-refractivity contribution in [2.24, 2.45) is 0 Å². The summed E-state index contributed by atoms with van der Waals surface area (Å²) < 4.78 is 32.2. The number of H-pyrrole nitrogens is 1. The van der Waals surface area contributed by atoms with Crippen molar-refractivity contribution in [3.05, 3.63) is 64.8 Å². The lowest BCUT2D eigenvalue weighted by Gasteiger charge is -2.09. The average Bonchev–Trinajstić information content (AvgIpc) is 3.13. The number of hydrogen-bond acceptors (Lipinski definition) is 9. The van der Waals surface area contributed by atoms with Gasteiger partial charge in [-0.25, -0.2) is 22.9 Å². The number of aryl methyl sites for hydroxylation is 1.